The molecule has 4 N–H and O–H groups in total. The van der Waals surface area contributed by atoms with Gasteiger partial charge >= 0.3 is 6.03 Å². The van der Waals surface area contributed by atoms with Crippen LogP contribution in [-0.2, 0) is 4.79 Å². The van der Waals surface area contributed by atoms with Crippen molar-refractivity contribution in [2.24, 2.45) is 0 Å². The number of urea groups is 1. The van der Waals surface area contributed by atoms with Gasteiger partial charge in [-0.2, -0.15) is 0 Å². The van der Waals surface area contributed by atoms with Gasteiger partial charge in [-0.25, -0.2) is 13.9 Å². The Morgan fingerprint density at radius 3 is 2.48 bits per heavy atom. The number of carbonyl (C=O) groups is 2. The molecule has 29 heavy (non-hydrogen) atoms. The molecule has 0 aliphatic carbocycles. The average Bonchev–Trinajstić information content (AvgIpc) is 3.07. The zero-order chi connectivity index (χ0) is 20.8. The minimum Gasteiger partial charge on any atom is -0.338 e. The number of hydrogen-bond acceptors (Lipinski definition) is 6. The van der Waals surface area contributed by atoms with E-state index < -0.39 is 17.2 Å². The fourth-order valence-electron chi connectivity index (χ4n) is 2.54. The summed E-state index contributed by atoms with van der Waals surface area (Å²) in [6, 6.07) is 14.0. The predicted molar refractivity (Wildman–Crippen MR) is 108 cm³/mol. The van der Waals surface area contributed by atoms with Crippen LogP contribution >= 0.6 is 11.8 Å². The van der Waals surface area contributed by atoms with E-state index in [0.717, 1.165) is 11.8 Å². The summed E-state index contributed by atoms with van der Waals surface area (Å²) < 4.78 is 14.4. The van der Waals surface area contributed by atoms with Crippen LogP contribution in [0.2, 0.25) is 0 Å². The summed E-state index contributed by atoms with van der Waals surface area (Å²) in [5, 5.41) is 12.4. The second-order valence-corrected chi connectivity index (χ2v) is 7.01. The van der Waals surface area contributed by atoms with E-state index in [4.69, 9.17) is 5.84 Å². The molecular formula is C19H19FN6O2S. The summed E-state index contributed by atoms with van der Waals surface area (Å²) in [4.78, 5) is 24.5. The zero-order valence-corrected chi connectivity index (χ0v) is 16.3. The Labute approximate surface area is 170 Å². The fraction of sp³-hybridized carbons (Fsp3) is 0.158. The lowest BCUT2D eigenvalue weighted by molar-refractivity contribution is -0.119. The van der Waals surface area contributed by atoms with Crippen LogP contribution < -0.4 is 16.5 Å². The predicted octanol–water partition coefficient (Wildman–Crippen LogP) is 2.48. The van der Waals surface area contributed by atoms with E-state index in [0.29, 0.717) is 23.5 Å². The molecule has 0 saturated heterocycles. The highest BCUT2D eigenvalue weighted by Gasteiger charge is 2.26. The Morgan fingerprint density at radius 2 is 1.83 bits per heavy atom. The van der Waals surface area contributed by atoms with Crippen LogP contribution in [0, 0.1) is 5.82 Å². The van der Waals surface area contributed by atoms with E-state index >= 15 is 0 Å². The van der Waals surface area contributed by atoms with Gasteiger partial charge in [-0.15, -0.1) is 10.2 Å². The third kappa shape index (κ3) is 4.91. The Balaban J connectivity index is 1.87. The summed E-state index contributed by atoms with van der Waals surface area (Å²) in [7, 11) is 0. The van der Waals surface area contributed by atoms with Crippen molar-refractivity contribution < 1.29 is 14.0 Å². The van der Waals surface area contributed by atoms with E-state index in [2.05, 4.69) is 20.8 Å². The maximum absolute atomic E-state index is 13.2. The van der Waals surface area contributed by atoms with Crippen LogP contribution in [0.4, 0.5) is 9.18 Å². The van der Waals surface area contributed by atoms with Gasteiger partial charge < -0.3 is 11.2 Å². The molecule has 8 nitrogen and oxygen atoms in total. The molecule has 0 spiro atoms. The van der Waals surface area contributed by atoms with Gasteiger partial charge in [-0.1, -0.05) is 42.1 Å². The maximum atomic E-state index is 13.2. The maximum Gasteiger partial charge on any atom is 0.321 e. The number of rotatable bonds is 6. The quantitative estimate of drug-likeness (QED) is 0.422. The Kier molecular flexibility index (Phi) is 6.45. The lowest BCUT2D eigenvalue weighted by Gasteiger charge is -2.16. The van der Waals surface area contributed by atoms with E-state index in [-0.39, 0.29) is 11.0 Å². The summed E-state index contributed by atoms with van der Waals surface area (Å²) >= 11 is 1.05. The van der Waals surface area contributed by atoms with Crippen LogP contribution in [0.3, 0.4) is 0 Å². The largest absolute Gasteiger partial charge is 0.338 e. The molecule has 10 heteroatoms. The number of nitrogen functional groups attached to an aromatic ring is 1. The number of benzene rings is 2. The second-order valence-electron chi connectivity index (χ2n) is 5.94. The van der Waals surface area contributed by atoms with Crippen molar-refractivity contribution in [1.29, 1.82) is 0 Å². The van der Waals surface area contributed by atoms with E-state index in [1.165, 1.54) is 28.9 Å². The van der Waals surface area contributed by atoms with Crippen molar-refractivity contribution in [1.82, 2.24) is 25.5 Å². The summed E-state index contributed by atoms with van der Waals surface area (Å²) in [5.41, 5.74) is 1.25. The first-order chi connectivity index (χ1) is 14.0. The highest BCUT2D eigenvalue weighted by atomic mass is 32.2. The Hall–Kier alpha value is -3.40. The molecule has 1 atom stereocenters. The highest BCUT2D eigenvalue weighted by molar-refractivity contribution is 8.00. The molecule has 3 amide bonds. The minimum atomic E-state index is -0.786. The van der Waals surface area contributed by atoms with E-state index in [9.17, 15) is 14.0 Å². The normalized spacial score (nSPS) is 11.7. The third-order valence-electron chi connectivity index (χ3n) is 3.90. The zero-order valence-electron chi connectivity index (χ0n) is 15.5. The summed E-state index contributed by atoms with van der Waals surface area (Å²) in [5.74, 6) is 5.55. The number of imide groups is 1. The van der Waals surface area contributed by atoms with Crippen molar-refractivity contribution in [3.63, 3.8) is 0 Å². The average molecular weight is 414 g/mol. The molecule has 0 radical (unpaired) electrons. The third-order valence-corrected chi connectivity index (χ3v) is 5.12. The molecule has 0 bridgehead atoms. The number of nitrogens with two attached hydrogens (primary N) is 1. The van der Waals surface area contributed by atoms with Crippen LogP contribution in [-0.4, -0.2) is 33.4 Å². The number of halogens is 1. The van der Waals surface area contributed by atoms with E-state index in [1.807, 2.05) is 6.07 Å². The van der Waals surface area contributed by atoms with Crippen molar-refractivity contribution in [2.45, 2.75) is 17.3 Å². The van der Waals surface area contributed by atoms with Gasteiger partial charge in [0.2, 0.25) is 11.1 Å². The summed E-state index contributed by atoms with van der Waals surface area (Å²) in [6.45, 7) is 2.14. The lowest BCUT2D eigenvalue weighted by atomic mass is 10.1. The van der Waals surface area contributed by atoms with E-state index in [1.54, 1.807) is 31.2 Å². The van der Waals surface area contributed by atoms with Gasteiger partial charge in [0.25, 0.3) is 0 Å². The van der Waals surface area contributed by atoms with Crippen molar-refractivity contribution in [2.75, 3.05) is 12.4 Å². The van der Waals surface area contributed by atoms with Crippen LogP contribution in [0.5, 0.6) is 0 Å². The first kappa shape index (κ1) is 20.3. The van der Waals surface area contributed by atoms with Gasteiger partial charge in [-0.05, 0) is 36.8 Å². The molecule has 3 rings (SSSR count). The van der Waals surface area contributed by atoms with Gasteiger partial charge in [-0.3, -0.25) is 10.1 Å². The monoisotopic (exact) mass is 414 g/mol. The molecule has 0 aliphatic rings. The van der Waals surface area contributed by atoms with Crippen LogP contribution in [0.25, 0.3) is 11.4 Å². The number of hydrogen-bond donors (Lipinski definition) is 3. The molecule has 150 valence electrons. The van der Waals surface area contributed by atoms with Crippen molar-refractivity contribution >= 4 is 23.7 Å². The standard InChI is InChI=1S/C19H19FN6O2S/c1-2-22-18(28)23-17(27)15(12-6-4-3-5-7-12)29-19-25-24-16(26(19)21)13-8-10-14(20)11-9-13/h3-11,15H,2,21H2,1H3,(H2,22,23,27,28)/t15-/m1/s1. The number of thioether (sulfide) groups is 1. The number of nitrogens with one attached hydrogen (secondary N) is 2. The van der Waals surface area contributed by atoms with Crippen LogP contribution in [0.15, 0.2) is 59.8 Å². The highest BCUT2D eigenvalue weighted by Crippen LogP contribution is 2.35. The molecule has 0 aliphatic heterocycles. The SMILES string of the molecule is CCNC(=O)NC(=O)[C@H](Sc1nnc(-c2ccc(F)cc2)n1N)c1ccccc1. The molecule has 0 unspecified atom stereocenters. The molecule has 0 saturated carbocycles. The fourth-order valence-corrected chi connectivity index (χ4v) is 3.50. The van der Waals surface area contributed by atoms with Crippen molar-refractivity contribution in [3.8, 4) is 11.4 Å². The number of aromatic nitrogens is 3. The molecule has 1 aromatic heterocycles. The Bertz CT molecular complexity index is 994. The van der Waals surface area contributed by atoms with Gasteiger partial charge in [0.1, 0.15) is 11.1 Å². The topological polar surface area (TPSA) is 115 Å². The van der Waals surface area contributed by atoms with Crippen molar-refractivity contribution in [3.05, 3.63) is 66.0 Å². The van der Waals surface area contributed by atoms with Crippen LogP contribution in [0.1, 0.15) is 17.7 Å². The first-order valence-corrected chi connectivity index (χ1v) is 9.64. The smallest absolute Gasteiger partial charge is 0.321 e. The second kappa shape index (κ2) is 9.20. The molecule has 1 heterocycles. The summed E-state index contributed by atoms with van der Waals surface area (Å²) in [6.07, 6.45) is 0. The molecule has 3 aromatic rings. The Morgan fingerprint density at radius 1 is 1.14 bits per heavy atom. The number of carbonyl (C=O) groups excluding carboxylic acids is 2. The minimum absolute atomic E-state index is 0.268. The van der Waals surface area contributed by atoms with Gasteiger partial charge in [0.05, 0.1) is 0 Å². The number of nitrogens with zero attached hydrogens (tertiary/aromatic N) is 3. The molecular weight excluding hydrogens is 395 g/mol. The molecule has 0 fully saturated rings. The van der Waals surface area contributed by atoms with Gasteiger partial charge in [0, 0.05) is 12.1 Å². The first-order valence-electron chi connectivity index (χ1n) is 8.76. The number of amides is 3. The molecule has 2 aromatic carbocycles. The lowest BCUT2D eigenvalue weighted by Crippen LogP contribution is -2.41. The van der Waals surface area contributed by atoms with Gasteiger partial charge in [0.15, 0.2) is 5.82 Å².